The first-order valence-electron chi connectivity index (χ1n) is 7.65. The van der Waals surface area contributed by atoms with Crippen molar-refractivity contribution in [3.63, 3.8) is 0 Å². The molecule has 6 nitrogen and oxygen atoms in total. The third kappa shape index (κ3) is 4.80. The maximum absolute atomic E-state index is 12.4. The fourth-order valence-electron chi connectivity index (χ4n) is 2.12. The molecule has 0 saturated heterocycles. The lowest BCUT2D eigenvalue weighted by Gasteiger charge is -2.10. The zero-order valence-corrected chi connectivity index (χ0v) is 17.3. The summed E-state index contributed by atoms with van der Waals surface area (Å²) in [5, 5.41) is 0.912. The van der Waals surface area contributed by atoms with Crippen LogP contribution in [0.1, 0.15) is 0 Å². The molecular weight excluding hydrogens is 449 g/mol. The van der Waals surface area contributed by atoms with Crippen LogP contribution in [0.4, 0.5) is 0 Å². The van der Waals surface area contributed by atoms with E-state index in [0.717, 1.165) is 0 Å². The molecule has 0 N–H and O–H groups in total. The number of halogens is 3. The number of ether oxygens (including phenoxy) is 2. The van der Waals surface area contributed by atoms with Gasteiger partial charge in [-0.25, -0.2) is 4.98 Å². The van der Waals surface area contributed by atoms with Gasteiger partial charge in [0.05, 0.1) is 17.2 Å². The second kappa shape index (κ2) is 8.45. The van der Waals surface area contributed by atoms with Crippen LogP contribution >= 0.6 is 34.8 Å². The van der Waals surface area contributed by atoms with Gasteiger partial charge in [0.1, 0.15) is 27.2 Å². The van der Waals surface area contributed by atoms with Crippen molar-refractivity contribution in [2.45, 2.75) is 4.90 Å². The number of rotatable bonds is 6. The van der Waals surface area contributed by atoms with Crippen molar-refractivity contribution in [3.8, 4) is 23.1 Å². The van der Waals surface area contributed by atoms with E-state index < -0.39 is 10.1 Å². The molecule has 0 amide bonds. The molecule has 0 radical (unpaired) electrons. The summed E-state index contributed by atoms with van der Waals surface area (Å²) in [6.07, 6.45) is 1.40. The minimum Gasteiger partial charge on any atom is -0.495 e. The molecule has 1 aromatic heterocycles. The Balaban J connectivity index is 1.76. The SMILES string of the molecule is COc1cc(S(=O)(=O)Oc2ccc(Oc3ncc(Cl)cc3Cl)cc2)ccc1Cl. The molecule has 2 aromatic carbocycles. The maximum atomic E-state index is 12.4. The van der Waals surface area contributed by atoms with Gasteiger partial charge in [-0.2, -0.15) is 8.42 Å². The van der Waals surface area contributed by atoms with Crippen molar-refractivity contribution in [2.75, 3.05) is 7.11 Å². The number of pyridine rings is 1. The Bertz CT molecular complexity index is 1100. The van der Waals surface area contributed by atoms with Gasteiger partial charge in [-0.05, 0) is 42.5 Å². The Morgan fingerprint density at radius 3 is 2.21 bits per heavy atom. The third-order valence-corrected chi connectivity index (χ3v) is 5.46. The van der Waals surface area contributed by atoms with Crippen molar-refractivity contribution >= 4 is 44.9 Å². The molecule has 0 bridgehead atoms. The molecule has 0 aliphatic carbocycles. The molecule has 146 valence electrons. The molecule has 0 fully saturated rings. The standard InChI is InChI=1S/C18H12Cl3NO5S/c1-25-17-9-14(6-7-15(17)20)28(23,24)27-13-4-2-12(3-5-13)26-18-16(21)8-11(19)10-22-18/h2-10H,1H3. The van der Waals surface area contributed by atoms with E-state index >= 15 is 0 Å². The molecule has 0 saturated carbocycles. The average molecular weight is 461 g/mol. The van der Waals surface area contributed by atoms with Crippen LogP contribution in [0.15, 0.2) is 59.6 Å². The zero-order valence-electron chi connectivity index (χ0n) is 14.2. The van der Waals surface area contributed by atoms with E-state index in [1.54, 1.807) is 0 Å². The quantitative estimate of drug-likeness (QED) is 0.445. The van der Waals surface area contributed by atoms with E-state index in [2.05, 4.69) is 4.98 Å². The Morgan fingerprint density at radius 2 is 1.57 bits per heavy atom. The van der Waals surface area contributed by atoms with Crippen LogP contribution in [-0.2, 0) is 10.1 Å². The van der Waals surface area contributed by atoms with Crippen molar-refractivity contribution in [1.29, 1.82) is 0 Å². The van der Waals surface area contributed by atoms with Gasteiger partial charge in [0.25, 0.3) is 0 Å². The van der Waals surface area contributed by atoms with E-state index in [4.69, 9.17) is 48.5 Å². The predicted molar refractivity (Wildman–Crippen MR) is 107 cm³/mol. The topological polar surface area (TPSA) is 74.7 Å². The number of methoxy groups -OCH3 is 1. The van der Waals surface area contributed by atoms with Gasteiger partial charge in [-0.1, -0.05) is 34.8 Å². The van der Waals surface area contributed by atoms with Gasteiger partial charge in [0, 0.05) is 12.3 Å². The molecular formula is C18H12Cl3NO5S. The van der Waals surface area contributed by atoms with E-state index in [-0.39, 0.29) is 32.3 Å². The summed E-state index contributed by atoms with van der Waals surface area (Å²) in [7, 11) is -2.69. The number of hydrogen-bond acceptors (Lipinski definition) is 6. The van der Waals surface area contributed by atoms with Crippen LogP contribution < -0.4 is 13.7 Å². The summed E-state index contributed by atoms with van der Waals surface area (Å²) in [6, 6.07) is 11.4. The molecule has 1 heterocycles. The van der Waals surface area contributed by atoms with Crippen molar-refractivity contribution in [2.24, 2.45) is 0 Å². The summed E-state index contributed by atoms with van der Waals surface area (Å²) in [4.78, 5) is 3.89. The summed E-state index contributed by atoms with van der Waals surface area (Å²) < 4.78 is 40.6. The third-order valence-electron chi connectivity index (χ3n) is 3.43. The molecule has 0 spiro atoms. The lowest BCUT2D eigenvalue weighted by molar-refractivity contribution is 0.413. The van der Waals surface area contributed by atoms with Crippen LogP contribution in [0.3, 0.4) is 0 Å². The Labute approximate surface area is 176 Å². The lowest BCUT2D eigenvalue weighted by atomic mass is 10.3. The molecule has 10 heteroatoms. The summed E-state index contributed by atoms with van der Waals surface area (Å²) in [5.41, 5.74) is 0. The first-order valence-corrected chi connectivity index (χ1v) is 10.2. The molecule has 0 aliphatic heterocycles. The minimum absolute atomic E-state index is 0.0915. The first-order chi connectivity index (χ1) is 13.3. The highest BCUT2D eigenvalue weighted by molar-refractivity contribution is 7.87. The zero-order chi connectivity index (χ0) is 20.3. The van der Waals surface area contributed by atoms with Crippen LogP contribution in [0.2, 0.25) is 15.1 Å². The fraction of sp³-hybridized carbons (Fsp3) is 0.0556. The lowest BCUT2D eigenvalue weighted by Crippen LogP contribution is -2.09. The number of nitrogens with zero attached hydrogens (tertiary/aromatic N) is 1. The van der Waals surface area contributed by atoms with Gasteiger partial charge in [0.15, 0.2) is 0 Å². The van der Waals surface area contributed by atoms with E-state index in [1.807, 2.05) is 0 Å². The number of hydrogen-bond donors (Lipinski definition) is 0. The van der Waals surface area contributed by atoms with Crippen molar-refractivity contribution < 1.29 is 22.1 Å². The highest BCUT2D eigenvalue weighted by Crippen LogP contribution is 2.31. The van der Waals surface area contributed by atoms with E-state index in [1.165, 1.54) is 61.8 Å². The second-order valence-electron chi connectivity index (χ2n) is 5.35. The molecule has 3 rings (SSSR count). The van der Waals surface area contributed by atoms with Crippen LogP contribution in [0, 0.1) is 0 Å². The van der Waals surface area contributed by atoms with Gasteiger partial charge < -0.3 is 13.7 Å². The molecule has 0 unspecified atom stereocenters. The molecule has 28 heavy (non-hydrogen) atoms. The van der Waals surface area contributed by atoms with Crippen LogP contribution in [-0.4, -0.2) is 20.5 Å². The van der Waals surface area contributed by atoms with Crippen molar-refractivity contribution in [1.82, 2.24) is 4.98 Å². The fourth-order valence-corrected chi connectivity index (χ4v) is 3.68. The predicted octanol–water partition coefficient (Wildman–Crippen LogP) is 5.61. The van der Waals surface area contributed by atoms with E-state index in [0.29, 0.717) is 10.8 Å². The minimum atomic E-state index is -4.07. The van der Waals surface area contributed by atoms with Crippen LogP contribution in [0.5, 0.6) is 23.1 Å². The normalized spacial score (nSPS) is 11.1. The maximum Gasteiger partial charge on any atom is 0.339 e. The summed E-state index contributed by atoms with van der Waals surface area (Å²) >= 11 is 17.7. The van der Waals surface area contributed by atoms with Crippen molar-refractivity contribution in [3.05, 3.63) is 69.8 Å². The molecule has 0 aliphatic rings. The number of aromatic nitrogens is 1. The smallest absolute Gasteiger partial charge is 0.339 e. The highest BCUT2D eigenvalue weighted by Gasteiger charge is 2.19. The second-order valence-corrected chi connectivity index (χ2v) is 8.14. The van der Waals surface area contributed by atoms with Gasteiger partial charge >= 0.3 is 10.1 Å². The Hall–Kier alpha value is -2.19. The summed E-state index contributed by atoms with van der Waals surface area (Å²) in [5.74, 6) is 0.870. The van der Waals surface area contributed by atoms with E-state index in [9.17, 15) is 8.42 Å². The summed E-state index contributed by atoms with van der Waals surface area (Å²) in [6.45, 7) is 0. The van der Waals surface area contributed by atoms with Gasteiger partial charge in [-0.15, -0.1) is 0 Å². The molecule has 3 aromatic rings. The Kier molecular flexibility index (Phi) is 6.20. The largest absolute Gasteiger partial charge is 0.495 e. The van der Waals surface area contributed by atoms with Gasteiger partial charge in [-0.3, -0.25) is 0 Å². The Morgan fingerprint density at radius 1 is 0.893 bits per heavy atom. The number of benzene rings is 2. The monoisotopic (exact) mass is 459 g/mol. The van der Waals surface area contributed by atoms with Crippen LogP contribution in [0.25, 0.3) is 0 Å². The average Bonchev–Trinajstić information content (AvgIpc) is 2.65. The highest BCUT2D eigenvalue weighted by atomic mass is 35.5. The van der Waals surface area contributed by atoms with Gasteiger partial charge in [0.2, 0.25) is 5.88 Å². The molecule has 0 atom stereocenters. The first kappa shape index (κ1) is 20.5.